The standard InChI is InChI=1S/C20H29N5/c1-16-11-20-22-13-17(15-25(20)23-16)12-21-14-19(24-9-5-6-10-24)18-7-3-2-4-8-18/h2-4,7-8,11,17,19,21-22H,5-6,9-10,12-15H2,1H3/t17-,19-/m1/s1. The largest absolute Gasteiger partial charge is 0.370 e. The number of anilines is 1. The summed E-state index contributed by atoms with van der Waals surface area (Å²) in [6.45, 7) is 8.58. The maximum Gasteiger partial charge on any atom is 0.124 e. The summed E-state index contributed by atoms with van der Waals surface area (Å²) >= 11 is 0. The average Bonchev–Trinajstić information content (AvgIpc) is 3.28. The minimum Gasteiger partial charge on any atom is -0.370 e. The lowest BCUT2D eigenvalue weighted by atomic mass is 10.0. The lowest BCUT2D eigenvalue weighted by Crippen LogP contribution is -2.39. The first-order valence-corrected chi connectivity index (χ1v) is 9.57. The molecule has 0 radical (unpaired) electrons. The van der Waals surface area contributed by atoms with Crippen molar-refractivity contribution in [3.63, 3.8) is 0 Å². The summed E-state index contributed by atoms with van der Waals surface area (Å²) < 4.78 is 2.11. The Morgan fingerprint density at radius 2 is 2.04 bits per heavy atom. The molecule has 5 heteroatoms. The molecule has 0 unspecified atom stereocenters. The van der Waals surface area contributed by atoms with Gasteiger partial charge in [-0.25, -0.2) is 4.68 Å². The molecule has 2 N–H and O–H groups in total. The predicted molar refractivity (Wildman–Crippen MR) is 102 cm³/mol. The van der Waals surface area contributed by atoms with Crippen LogP contribution in [0, 0.1) is 12.8 Å². The van der Waals surface area contributed by atoms with E-state index in [1.54, 1.807) is 0 Å². The Balaban J connectivity index is 1.34. The topological polar surface area (TPSA) is 45.1 Å². The molecule has 2 aliphatic rings. The highest BCUT2D eigenvalue weighted by Gasteiger charge is 2.24. The summed E-state index contributed by atoms with van der Waals surface area (Å²) in [4.78, 5) is 2.64. The van der Waals surface area contributed by atoms with Crippen molar-refractivity contribution in [2.24, 2.45) is 5.92 Å². The van der Waals surface area contributed by atoms with Crippen LogP contribution in [0.4, 0.5) is 5.82 Å². The third-order valence-corrected chi connectivity index (χ3v) is 5.44. The maximum absolute atomic E-state index is 4.57. The summed E-state index contributed by atoms with van der Waals surface area (Å²) in [5.41, 5.74) is 2.53. The molecule has 134 valence electrons. The Morgan fingerprint density at radius 3 is 2.84 bits per heavy atom. The average molecular weight is 339 g/mol. The molecule has 1 fully saturated rings. The molecule has 3 heterocycles. The van der Waals surface area contributed by atoms with Crippen LogP contribution in [-0.2, 0) is 6.54 Å². The van der Waals surface area contributed by atoms with Crippen LogP contribution in [-0.4, -0.2) is 47.4 Å². The van der Waals surface area contributed by atoms with Crippen LogP contribution in [0.5, 0.6) is 0 Å². The molecule has 2 aliphatic heterocycles. The van der Waals surface area contributed by atoms with E-state index in [-0.39, 0.29) is 0 Å². The molecular weight excluding hydrogens is 310 g/mol. The zero-order valence-electron chi connectivity index (χ0n) is 15.1. The molecule has 0 amide bonds. The number of nitrogens with zero attached hydrogens (tertiary/aromatic N) is 3. The van der Waals surface area contributed by atoms with E-state index >= 15 is 0 Å². The second-order valence-corrected chi connectivity index (χ2v) is 7.43. The Bertz CT molecular complexity index is 675. The van der Waals surface area contributed by atoms with Gasteiger partial charge in [0, 0.05) is 44.2 Å². The van der Waals surface area contributed by atoms with Crippen LogP contribution in [0.3, 0.4) is 0 Å². The van der Waals surface area contributed by atoms with Gasteiger partial charge in [-0.3, -0.25) is 4.90 Å². The SMILES string of the molecule is Cc1cc2n(n1)C[C@H](CNC[C@H](c1ccccc1)N1CCCC1)CN2. The first kappa shape index (κ1) is 16.6. The second kappa shape index (κ2) is 7.58. The monoisotopic (exact) mass is 339 g/mol. The van der Waals surface area contributed by atoms with E-state index in [0.717, 1.165) is 37.7 Å². The lowest BCUT2D eigenvalue weighted by molar-refractivity contribution is 0.234. The van der Waals surface area contributed by atoms with Gasteiger partial charge in [-0.15, -0.1) is 0 Å². The van der Waals surface area contributed by atoms with Gasteiger partial charge in [-0.05, 0) is 38.4 Å². The molecule has 0 spiro atoms. The maximum atomic E-state index is 4.57. The normalized spacial score (nSPS) is 21.7. The predicted octanol–water partition coefficient (Wildman–Crippen LogP) is 2.66. The molecule has 2 aromatic rings. The minimum atomic E-state index is 0.489. The molecule has 1 aromatic heterocycles. The third-order valence-electron chi connectivity index (χ3n) is 5.44. The summed E-state index contributed by atoms with van der Waals surface area (Å²) in [5.74, 6) is 1.75. The molecule has 1 aromatic carbocycles. The highest BCUT2D eigenvalue weighted by molar-refractivity contribution is 5.38. The quantitative estimate of drug-likeness (QED) is 0.849. The number of hydrogen-bond donors (Lipinski definition) is 2. The van der Waals surface area contributed by atoms with E-state index in [1.165, 1.54) is 31.5 Å². The molecule has 2 atom stereocenters. The van der Waals surface area contributed by atoms with E-state index in [4.69, 9.17) is 0 Å². The zero-order valence-corrected chi connectivity index (χ0v) is 15.1. The van der Waals surface area contributed by atoms with Crippen molar-refractivity contribution in [3.05, 3.63) is 47.7 Å². The van der Waals surface area contributed by atoms with Crippen LogP contribution < -0.4 is 10.6 Å². The molecule has 4 rings (SSSR count). The fraction of sp³-hybridized carbons (Fsp3) is 0.550. The highest BCUT2D eigenvalue weighted by Crippen LogP contribution is 2.24. The van der Waals surface area contributed by atoms with Crippen LogP contribution >= 0.6 is 0 Å². The van der Waals surface area contributed by atoms with Crippen molar-refractivity contribution in [1.29, 1.82) is 0 Å². The van der Waals surface area contributed by atoms with Crippen molar-refractivity contribution >= 4 is 5.82 Å². The first-order valence-electron chi connectivity index (χ1n) is 9.57. The van der Waals surface area contributed by atoms with Crippen molar-refractivity contribution in [2.45, 2.75) is 32.4 Å². The van der Waals surface area contributed by atoms with Gasteiger partial charge < -0.3 is 10.6 Å². The van der Waals surface area contributed by atoms with Gasteiger partial charge in [-0.2, -0.15) is 5.10 Å². The van der Waals surface area contributed by atoms with Crippen molar-refractivity contribution in [1.82, 2.24) is 20.0 Å². The Kier molecular flexibility index (Phi) is 5.04. The Labute approximate surface area is 150 Å². The van der Waals surface area contributed by atoms with Gasteiger partial charge in [0.1, 0.15) is 5.82 Å². The Hall–Kier alpha value is -1.85. The summed E-state index contributed by atoms with van der Waals surface area (Å²) in [5, 5.41) is 11.8. The number of nitrogens with one attached hydrogen (secondary N) is 2. The highest BCUT2D eigenvalue weighted by atomic mass is 15.3. The second-order valence-electron chi connectivity index (χ2n) is 7.43. The smallest absolute Gasteiger partial charge is 0.124 e. The summed E-state index contributed by atoms with van der Waals surface area (Å²) in [7, 11) is 0. The van der Waals surface area contributed by atoms with Crippen LogP contribution in [0.15, 0.2) is 36.4 Å². The van der Waals surface area contributed by atoms with E-state index < -0.39 is 0 Å². The summed E-state index contributed by atoms with van der Waals surface area (Å²) in [6.07, 6.45) is 2.66. The molecule has 0 bridgehead atoms. The fourth-order valence-corrected chi connectivity index (χ4v) is 4.13. The van der Waals surface area contributed by atoms with Crippen LogP contribution in [0.25, 0.3) is 0 Å². The lowest BCUT2D eigenvalue weighted by Gasteiger charge is -2.30. The van der Waals surface area contributed by atoms with Crippen molar-refractivity contribution < 1.29 is 0 Å². The third kappa shape index (κ3) is 3.88. The van der Waals surface area contributed by atoms with E-state index in [2.05, 4.69) is 68.6 Å². The van der Waals surface area contributed by atoms with E-state index in [9.17, 15) is 0 Å². The van der Waals surface area contributed by atoms with Crippen LogP contribution in [0.1, 0.15) is 30.1 Å². The summed E-state index contributed by atoms with van der Waals surface area (Å²) in [6, 6.07) is 13.6. The molecule has 1 saturated heterocycles. The van der Waals surface area contributed by atoms with Gasteiger partial charge in [0.05, 0.1) is 5.69 Å². The van der Waals surface area contributed by atoms with Crippen molar-refractivity contribution in [2.75, 3.05) is 38.0 Å². The van der Waals surface area contributed by atoms with E-state index in [0.29, 0.717) is 12.0 Å². The number of rotatable bonds is 6. The number of aryl methyl sites for hydroxylation is 1. The minimum absolute atomic E-state index is 0.489. The number of aromatic nitrogens is 2. The molecule has 25 heavy (non-hydrogen) atoms. The molecule has 0 aliphatic carbocycles. The van der Waals surface area contributed by atoms with Gasteiger partial charge in [0.2, 0.25) is 0 Å². The number of hydrogen-bond acceptors (Lipinski definition) is 4. The molecule has 0 saturated carbocycles. The van der Waals surface area contributed by atoms with E-state index in [1.807, 2.05) is 0 Å². The van der Waals surface area contributed by atoms with Crippen LogP contribution in [0.2, 0.25) is 0 Å². The van der Waals surface area contributed by atoms with Gasteiger partial charge in [0.25, 0.3) is 0 Å². The number of likely N-dealkylation sites (tertiary alicyclic amines) is 1. The molecule has 5 nitrogen and oxygen atoms in total. The molecular formula is C20H29N5. The van der Waals surface area contributed by atoms with Gasteiger partial charge >= 0.3 is 0 Å². The van der Waals surface area contributed by atoms with Crippen molar-refractivity contribution in [3.8, 4) is 0 Å². The fourth-order valence-electron chi connectivity index (χ4n) is 4.13. The van der Waals surface area contributed by atoms with Gasteiger partial charge in [0.15, 0.2) is 0 Å². The number of benzene rings is 1. The Morgan fingerprint density at radius 1 is 1.24 bits per heavy atom. The first-order chi connectivity index (χ1) is 12.3. The van der Waals surface area contributed by atoms with Gasteiger partial charge in [-0.1, -0.05) is 30.3 Å². The number of fused-ring (bicyclic) bond motifs is 1. The zero-order chi connectivity index (χ0) is 17.1.